The van der Waals surface area contributed by atoms with Gasteiger partial charge in [-0.25, -0.2) is 0 Å². The smallest absolute Gasteiger partial charge is 0.269 e. The van der Waals surface area contributed by atoms with Gasteiger partial charge in [-0.1, -0.05) is 71.9 Å². The van der Waals surface area contributed by atoms with Crippen molar-refractivity contribution in [3.05, 3.63) is 105 Å². The molecule has 2 amide bonds. The average Bonchev–Trinajstić information content (AvgIpc) is 3.11. The molecule has 0 aliphatic carbocycles. The first-order valence-corrected chi connectivity index (χ1v) is 12.0. The maximum Gasteiger partial charge on any atom is 0.269 e. The van der Waals surface area contributed by atoms with Crippen molar-refractivity contribution in [1.82, 2.24) is 0 Å². The summed E-state index contributed by atoms with van der Waals surface area (Å²) < 4.78 is 0. The van der Waals surface area contributed by atoms with Crippen LogP contribution in [0.5, 0.6) is 0 Å². The Morgan fingerprint density at radius 3 is 2.53 bits per heavy atom. The lowest BCUT2D eigenvalue weighted by atomic mass is 10.1. The van der Waals surface area contributed by atoms with E-state index < -0.39 is 11.2 Å². The van der Waals surface area contributed by atoms with E-state index in [4.69, 9.17) is 11.6 Å². The lowest BCUT2D eigenvalue weighted by molar-refractivity contribution is -0.117. The Morgan fingerprint density at radius 1 is 1.09 bits per heavy atom. The third-order valence-electron chi connectivity index (χ3n) is 5.50. The van der Waals surface area contributed by atoms with Crippen LogP contribution in [0.4, 0.5) is 11.4 Å². The molecule has 4 rings (SSSR count). The molecule has 0 bridgehead atoms. The molecule has 1 fully saturated rings. The third-order valence-corrected chi connectivity index (χ3v) is 7.13. The van der Waals surface area contributed by atoms with E-state index in [1.807, 2.05) is 80.6 Å². The first-order valence-electron chi connectivity index (χ1n) is 10.7. The van der Waals surface area contributed by atoms with Crippen molar-refractivity contribution in [2.75, 3.05) is 10.2 Å². The van der Waals surface area contributed by atoms with E-state index in [2.05, 4.69) is 5.32 Å². The van der Waals surface area contributed by atoms with Gasteiger partial charge in [-0.15, -0.1) is 0 Å². The SMILES string of the molecule is Cc1cccc(NC(=O)C(C#N)=C2SC(Cc3ccccc3Cl)C(=O)N2c2ccccc2C)c1. The van der Waals surface area contributed by atoms with Crippen molar-refractivity contribution in [2.24, 2.45) is 0 Å². The first-order chi connectivity index (χ1) is 16.4. The van der Waals surface area contributed by atoms with Crippen molar-refractivity contribution in [1.29, 1.82) is 5.26 Å². The number of nitrogens with one attached hydrogen (secondary N) is 1. The van der Waals surface area contributed by atoms with Crippen LogP contribution < -0.4 is 10.2 Å². The van der Waals surface area contributed by atoms with E-state index in [-0.39, 0.29) is 11.5 Å². The van der Waals surface area contributed by atoms with Gasteiger partial charge in [0, 0.05) is 10.7 Å². The molecule has 1 saturated heterocycles. The highest BCUT2D eigenvalue weighted by Gasteiger charge is 2.41. The molecule has 1 atom stereocenters. The summed E-state index contributed by atoms with van der Waals surface area (Å²) in [6.07, 6.45) is 0.382. The quantitative estimate of drug-likeness (QED) is 0.352. The zero-order valence-corrected chi connectivity index (χ0v) is 20.3. The minimum Gasteiger partial charge on any atom is -0.321 e. The zero-order valence-electron chi connectivity index (χ0n) is 18.7. The molecule has 3 aromatic rings. The lowest BCUT2D eigenvalue weighted by Gasteiger charge is -2.20. The molecule has 170 valence electrons. The second-order valence-electron chi connectivity index (χ2n) is 7.98. The number of carbonyl (C=O) groups excluding carboxylic acids is 2. The molecule has 0 saturated carbocycles. The van der Waals surface area contributed by atoms with Crippen LogP contribution in [0.25, 0.3) is 0 Å². The number of hydrogen-bond acceptors (Lipinski definition) is 4. The Kier molecular flexibility index (Phi) is 7.06. The van der Waals surface area contributed by atoms with Crippen LogP contribution >= 0.6 is 23.4 Å². The zero-order chi connectivity index (χ0) is 24.2. The van der Waals surface area contributed by atoms with Crippen molar-refractivity contribution >= 4 is 46.6 Å². The first kappa shape index (κ1) is 23.6. The average molecular weight is 488 g/mol. The van der Waals surface area contributed by atoms with E-state index in [1.54, 1.807) is 12.1 Å². The standard InChI is InChI=1S/C27H22ClN3O2S/c1-17-8-7-11-20(14-17)30-25(32)21(16-29)27-31(23-13-6-3-9-18(23)2)26(33)24(34-27)15-19-10-4-5-12-22(19)28/h3-14,24H,15H2,1-2H3,(H,30,32). The van der Waals surface area contributed by atoms with Gasteiger partial charge in [0.05, 0.1) is 10.9 Å². The van der Waals surface area contributed by atoms with Crippen LogP contribution in [-0.4, -0.2) is 17.1 Å². The Balaban J connectivity index is 1.76. The largest absolute Gasteiger partial charge is 0.321 e. The molecule has 0 aromatic heterocycles. The van der Waals surface area contributed by atoms with Gasteiger partial charge in [0.15, 0.2) is 0 Å². The number of benzene rings is 3. The van der Waals surface area contributed by atoms with Crippen molar-refractivity contribution < 1.29 is 9.59 Å². The Hall–Kier alpha value is -3.53. The Labute approximate surface area is 208 Å². The van der Waals surface area contributed by atoms with Gasteiger partial charge in [-0.2, -0.15) is 5.26 Å². The van der Waals surface area contributed by atoms with Gasteiger partial charge < -0.3 is 5.32 Å². The molecule has 3 aromatic carbocycles. The van der Waals surface area contributed by atoms with Crippen LogP contribution in [0, 0.1) is 25.2 Å². The fourth-order valence-electron chi connectivity index (χ4n) is 3.80. The number of carbonyl (C=O) groups is 2. The van der Waals surface area contributed by atoms with Gasteiger partial charge in [-0.05, 0) is 61.2 Å². The number of para-hydroxylation sites is 1. The molecule has 34 heavy (non-hydrogen) atoms. The fourth-order valence-corrected chi connectivity index (χ4v) is 5.30. The molecule has 5 nitrogen and oxygen atoms in total. The maximum absolute atomic E-state index is 13.6. The Morgan fingerprint density at radius 2 is 1.82 bits per heavy atom. The summed E-state index contributed by atoms with van der Waals surface area (Å²) in [5.41, 5.74) is 3.81. The minimum absolute atomic E-state index is 0.107. The van der Waals surface area contributed by atoms with E-state index in [9.17, 15) is 14.9 Å². The second kappa shape index (κ2) is 10.2. The number of hydrogen-bond donors (Lipinski definition) is 1. The third kappa shape index (κ3) is 4.86. The van der Waals surface area contributed by atoms with E-state index >= 15 is 0 Å². The number of halogens is 1. The number of nitrogens with zero attached hydrogens (tertiary/aromatic N) is 2. The normalized spacial score (nSPS) is 16.8. The highest BCUT2D eigenvalue weighted by molar-refractivity contribution is 8.05. The minimum atomic E-state index is -0.555. The second-order valence-corrected chi connectivity index (χ2v) is 9.58. The van der Waals surface area contributed by atoms with Gasteiger partial charge in [0.2, 0.25) is 5.91 Å². The molecule has 7 heteroatoms. The number of amides is 2. The number of thioether (sulfide) groups is 1. The van der Waals surface area contributed by atoms with Crippen LogP contribution in [-0.2, 0) is 16.0 Å². The Bertz CT molecular complexity index is 1350. The summed E-state index contributed by atoms with van der Waals surface area (Å²) in [5, 5.41) is 13.2. The number of nitriles is 1. The topological polar surface area (TPSA) is 73.2 Å². The highest BCUT2D eigenvalue weighted by Crippen LogP contribution is 2.43. The van der Waals surface area contributed by atoms with Crippen molar-refractivity contribution in [3.63, 3.8) is 0 Å². The summed E-state index contributed by atoms with van der Waals surface area (Å²) in [4.78, 5) is 28.3. The lowest BCUT2D eigenvalue weighted by Crippen LogP contribution is -2.31. The molecule has 0 radical (unpaired) electrons. The summed E-state index contributed by atoms with van der Waals surface area (Å²) in [7, 11) is 0. The summed E-state index contributed by atoms with van der Waals surface area (Å²) >= 11 is 7.57. The molecule has 1 aliphatic rings. The molecular weight excluding hydrogens is 466 g/mol. The van der Waals surface area contributed by atoms with Gasteiger partial charge in [0.25, 0.3) is 5.91 Å². The van der Waals surface area contributed by atoms with Gasteiger partial charge >= 0.3 is 0 Å². The predicted octanol–water partition coefficient (Wildman–Crippen LogP) is 6.02. The number of rotatable bonds is 5. The maximum atomic E-state index is 13.6. The van der Waals surface area contributed by atoms with Crippen molar-refractivity contribution in [2.45, 2.75) is 25.5 Å². The molecule has 0 spiro atoms. The summed E-state index contributed by atoms with van der Waals surface area (Å²) in [5.74, 6) is -0.745. The molecule has 1 aliphatic heterocycles. The van der Waals surface area contributed by atoms with E-state index in [0.29, 0.717) is 27.8 Å². The molecule has 1 unspecified atom stereocenters. The fraction of sp³-hybridized carbons (Fsp3) is 0.148. The van der Waals surface area contributed by atoms with Gasteiger partial charge in [-0.3, -0.25) is 14.5 Å². The molecule has 1 N–H and O–H groups in total. The van der Waals surface area contributed by atoms with Crippen LogP contribution in [0.3, 0.4) is 0 Å². The molecular formula is C27H22ClN3O2S. The summed E-state index contributed by atoms with van der Waals surface area (Å²) in [6, 6.07) is 24.2. The summed E-state index contributed by atoms with van der Waals surface area (Å²) in [6.45, 7) is 3.81. The monoisotopic (exact) mass is 487 g/mol. The molecule has 1 heterocycles. The van der Waals surface area contributed by atoms with Gasteiger partial charge in [0.1, 0.15) is 16.7 Å². The highest BCUT2D eigenvalue weighted by atomic mass is 35.5. The van der Waals surface area contributed by atoms with Crippen molar-refractivity contribution in [3.8, 4) is 6.07 Å². The van der Waals surface area contributed by atoms with Crippen LogP contribution in [0.2, 0.25) is 5.02 Å². The van der Waals surface area contributed by atoms with Crippen LogP contribution in [0.1, 0.15) is 16.7 Å². The van der Waals surface area contributed by atoms with E-state index in [0.717, 1.165) is 16.7 Å². The van der Waals surface area contributed by atoms with E-state index in [1.165, 1.54) is 16.7 Å². The number of anilines is 2. The van der Waals surface area contributed by atoms with Crippen LogP contribution in [0.15, 0.2) is 83.4 Å². The predicted molar refractivity (Wildman–Crippen MR) is 138 cm³/mol. The number of aryl methyl sites for hydroxylation is 2.